The van der Waals surface area contributed by atoms with Gasteiger partial charge in [0.25, 0.3) is 0 Å². The SMILES string of the molecule is Cc1oc(-c2ccccc2)nc1CCOc1ccc(/C=C(\CC(=O)N2C[C@H]3CCCC[C@H]3C2)C(=O)O)cn1. The molecule has 5 rings (SSSR count). The molecule has 1 saturated carbocycles. The Hall–Kier alpha value is -3.94. The molecule has 198 valence electrons. The van der Waals surface area contributed by atoms with E-state index >= 15 is 0 Å². The average Bonchev–Trinajstić information content (AvgIpc) is 3.53. The van der Waals surface area contributed by atoms with Crippen molar-refractivity contribution in [2.45, 2.75) is 45.4 Å². The van der Waals surface area contributed by atoms with Crippen LogP contribution in [-0.4, -0.2) is 51.5 Å². The molecule has 1 saturated heterocycles. The summed E-state index contributed by atoms with van der Waals surface area (Å²) in [5.74, 6) is 1.71. The van der Waals surface area contributed by atoms with Gasteiger partial charge in [-0.25, -0.2) is 14.8 Å². The van der Waals surface area contributed by atoms with Crippen molar-refractivity contribution >= 4 is 18.0 Å². The molecular formula is C30H33N3O5. The topological polar surface area (TPSA) is 106 Å². The first-order valence-corrected chi connectivity index (χ1v) is 13.3. The third kappa shape index (κ3) is 6.13. The zero-order chi connectivity index (χ0) is 26.5. The molecule has 1 amide bonds. The first-order chi connectivity index (χ1) is 18.5. The highest BCUT2D eigenvalue weighted by Crippen LogP contribution is 2.36. The molecule has 0 spiro atoms. The van der Waals surface area contributed by atoms with Crippen LogP contribution in [0.3, 0.4) is 0 Å². The van der Waals surface area contributed by atoms with Crippen molar-refractivity contribution < 1.29 is 23.8 Å². The Morgan fingerprint density at radius 3 is 2.50 bits per heavy atom. The summed E-state index contributed by atoms with van der Waals surface area (Å²) in [7, 11) is 0. The minimum atomic E-state index is -1.09. The summed E-state index contributed by atoms with van der Waals surface area (Å²) in [6.07, 6.45) is 8.32. The zero-order valence-corrected chi connectivity index (χ0v) is 21.6. The maximum Gasteiger partial charge on any atom is 0.332 e. The van der Waals surface area contributed by atoms with Crippen LogP contribution in [-0.2, 0) is 16.0 Å². The summed E-state index contributed by atoms with van der Waals surface area (Å²) < 4.78 is 11.6. The standard InChI is InChI=1S/C30H33N3O5/c1-20-26(32-29(38-20)22-7-3-2-4-8-22)13-14-37-27-12-11-21(17-31-27)15-25(30(35)36)16-28(34)33-18-23-9-5-6-10-24(23)19-33/h2-4,7-8,11-12,15,17,23-24H,5-6,9-10,13-14,16,18-19H2,1H3,(H,35,36)/b25-15+/t23-,24+. The molecule has 1 aromatic carbocycles. The van der Waals surface area contributed by atoms with Crippen LogP contribution in [0.15, 0.2) is 58.7 Å². The first kappa shape index (κ1) is 25.7. The number of aromatic nitrogens is 2. The van der Waals surface area contributed by atoms with Crippen LogP contribution < -0.4 is 4.74 Å². The molecule has 8 heteroatoms. The number of carboxylic acid groups (broad SMARTS) is 1. The van der Waals surface area contributed by atoms with Gasteiger partial charge in [-0.3, -0.25) is 4.79 Å². The summed E-state index contributed by atoms with van der Waals surface area (Å²) >= 11 is 0. The van der Waals surface area contributed by atoms with E-state index in [2.05, 4.69) is 9.97 Å². The van der Waals surface area contributed by atoms with Crippen LogP contribution in [0.5, 0.6) is 5.88 Å². The highest BCUT2D eigenvalue weighted by molar-refractivity contribution is 5.98. The Morgan fingerprint density at radius 2 is 1.84 bits per heavy atom. The average molecular weight is 516 g/mol. The number of fused-ring (bicyclic) bond motifs is 1. The number of carbonyl (C=O) groups is 2. The molecule has 3 heterocycles. The second-order valence-electron chi connectivity index (χ2n) is 10.2. The first-order valence-electron chi connectivity index (χ1n) is 13.3. The monoisotopic (exact) mass is 515 g/mol. The van der Waals surface area contributed by atoms with Gasteiger partial charge in [0, 0.05) is 42.9 Å². The molecule has 38 heavy (non-hydrogen) atoms. The highest BCUT2D eigenvalue weighted by Gasteiger charge is 2.36. The lowest BCUT2D eigenvalue weighted by molar-refractivity contribution is -0.136. The van der Waals surface area contributed by atoms with Crippen molar-refractivity contribution in [3.63, 3.8) is 0 Å². The van der Waals surface area contributed by atoms with Gasteiger partial charge in [0.1, 0.15) is 5.76 Å². The fourth-order valence-corrected chi connectivity index (χ4v) is 5.45. The van der Waals surface area contributed by atoms with Gasteiger partial charge in [-0.1, -0.05) is 31.0 Å². The Morgan fingerprint density at radius 1 is 1.11 bits per heavy atom. The largest absolute Gasteiger partial charge is 0.478 e. The number of ether oxygens (including phenoxy) is 1. The van der Waals surface area contributed by atoms with E-state index in [9.17, 15) is 14.7 Å². The molecule has 2 fully saturated rings. The number of benzene rings is 1. The number of amides is 1. The summed E-state index contributed by atoms with van der Waals surface area (Å²) in [6.45, 7) is 3.77. The van der Waals surface area contributed by atoms with Crippen LogP contribution in [0.2, 0.25) is 0 Å². The fraction of sp³-hybridized carbons (Fsp3) is 0.400. The number of hydrogen-bond acceptors (Lipinski definition) is 6. The maximum atomic E-state index is 12.9. The fourth-order valence-electron chi connectivity index (χ4n) is 5.45. The molecule has 0 bridgehead atoms. The lowest BCUT2D eigenvalue weighted by Crippen LogP contribution is -2.29. The molecule has 2 aromatic heterocycles. The number of aryl methyl sites for hydroxylation is 1. The second-order valence-corrected chi connectivity index (χ2v) is 10.2. The molecule has 2 aliphatic rings. The van der Waals surface area contributed by atoms with Gasteiger partial charge in [0.15, 0.2) is 0 Å². The molecule has 1 N–H and O–H groups in total. The van der Waals surface area contributed by atoms with Crippen molar-refractivity contribution in [1.82, 2.24) is 14.9 Å². The van der Waals surface area contributed by atoms with Crippen molar-refractivity contribution in [3.8, 4) is 17.3 Å². The van der Waals surface area contributed by atoms with E-state index in [1.807, 2.05) is 42.2 Å². The third-order valence-corrected chi connectivity index (χ3v) is 7.55. The number of pyridine rings is 1. The third-order valence-electron chi connectivity index (χ3n) is 7.55. The molecular weight excluding hydrogens is 482 g/mol. The van der Waals surface area contributed by atoms with Crippen LogP contribution >= 0.6 is 0 Å². The van der Waals surface area contributed by atoms with Gasteiger partial charge < -0.3 is 19.2 Å². The van der Waals surface area contributed by atoms with E-state index in [-0.39, 0.29) is 17.9 Å². The van der Waals surface area contributed by atoms with Gasteiger partial charge >= 0.3 is 5.97 Å². The smallest absolute Gasteiger partial charge is 0.332 e. The van der Waals surface area contributed by atoms with Gasteiger partial charge in [-0.2, -0.15) is 0 Å². The number of hydrogen-bond donors (Lipinski definition) is 1. The van der Waals surface area contributed by atoms with E-state index in [1.165, 1.54) is 31.8 Å². The molecule has 1 aliphatic carbocycles. The van der Waals surface area contributed by atoms with E-state index in [4.69, 9.17) is 9.15 Å². The van der Waals surface area contributed by atoms with Gasteiger partial charge in [-0.05, 0) is 61.4 Å². The lowest BCUT2D eigenvalue weighted by Gasteiger charge is -2.22. The van der Waals surface area contributed by atoms with E-state index in [0.29, 0.717) is 42.2 Å². The number of likely N-dealkylation sites (tertiary alicyclic amines) is 1. The van der Waals surface area contributed by atoms with Crippen LogP contribution in [0.1, 0.15) is 49.1 Å². The highest BCUT2D eigenvalue weighted by atomic mass is 16.5. The van der Waals surface area contributed by atoms with E-state index in [0.717, 1.165) is 30.1 Å². The Bertz CT molecular complexity index is 1290. The van der Waals surface area contributed by atoms with Crippen LogP contribution in [0.4, 0.5) is 0 Å². The van der Waals surface area contributed by atoms with Crippen LogP contribution in [0, 0.1) is 18.8 Å². The quantitative estimate of drug-likeness (QED) is 0.392. The Labute approximate surface area is 222 Å². The predicted octanol–water partition coefficient (Wildman–Crippen LogP) is 5.17. The number of carboxylic acids is 1. The molecule has 0 unspecified atom stereocenters. The number of oxazole rings is 1. The van der Waals surface area contributed by atoms with Crippen molar-refractivity contribution in [2.75, 3.05) is 19.7 Å². The summed E-state index contributed by atoms with van der Waals surface area (Å²) in [6, 6.07) is 13.2. The Kier molecular flexibility index (Phi) is 7.86. The maximum absolute atomic E-state index is 12.9. The number of rotatable bonds is 9. The molecule has 0 radical (unpaired) electrons. The minimum Gasteiger partial charge on any atom is -0.478 e. The van der Waals surface area contributed by atoms with Gasteiger partial charge in [0.2, 0.25) is 17.7 Å². The summed E-state index contributed by atoms with van der Waals surface area (Å²) in [5, 5.41) is 9.71. The summed E-state index contributed by atoms with van der Waals surface area (Å²) in [5.41, 5.74) is 2.43. The number of carbonyl (C=O) groups excluding carboxylic acids is 1. The zero-order valence-electron chi connectivity index (χ0n) is 21.6. The predicted molar refractivity (Wildman–Crippen MR) is 142 cm³/mol. The Balaban J connectivity index is 1.15. The van der Waals surface area contributed by atoms with E-state index in [1.54, 1.807) is 18.3 Å². The van der Waals surface area contributed by atoms with Crippen LogP contribution in [0.25, 0.3) is 17.5 Å². The van der Waals surface area contributed by atoms with Crippen molar-refractivity contribution in [2.24, 2.45) is 11.8 Å². The number of nitrogens with zero attached hydrogens (tertiary/aromatic N) is 3. The van der Waals surface area contributed by atoms with Gasteiger partial charge in [0.05, 0.1) is 18.7 Å². The molecule has 2 atom stereocenters. The molecule has 1 aliphatic heterocycles. The van der Waals surface area contributed by atoms with E-state index < -0.39 is 5.97 Å². The second kappa shape index (κ2) is 11.6. The lowest BCUT2D eigenvalue weighted by atomic mass is 9.82. The molecule has 3 aromatic rings. The van der Waals surface area contributed by atoms with Crippen molar-refractivity contribution in [3.05, 3.63) is 71.3 Å². The summed E-state index contributed by atoms with van der Waals surface area (Å²) in [4.78, 5) is 35.5. The molecule has 8 nitrogen and oxygen atoms in total. The normalized spacial score (nSPS) is 19.3. The number of aliphatic carboxylic acids is 1. The van der Waals surface area contributed by atoms with Gasteiger partial charge in [-0.15, -0.1) is 0 Å². The minimum absolute atomic E-state index is 0.0658. The van der Waals surface area contributed by atoms with Crippen molar-refractivity contribution in [1.29, 1.82) is 0 Å².